The van der Waals surface area contributed by atoms with Gasteiger partial charge in [-0.25, -0.2) is 14.7 Å². The highest BCUT2D eigenvalue weighted by Gasteiger charge is 2.28. The summed E-state index contributed by atoms with van der Waals surface area (Å²) >= 11 is 0. The molecule has 1 aliphatic rings. The molecule has 0 aliphatic heterocycles. The second kappa shape index (κ2) is 9.26. The summed E-state index contributed by atoms with van der Waals surface area (Å²) in [5.41, 5.74) is 4.45. The van der Waals surface area contributed by atoms with Crippen LogP contribution in [0.1, 0.15) is 34.9 Å². The number of carbonyl (C=O) groups is 1. The lowest BCUT2D eigenvalue weighted by atomic mass is 9.96. The highest BCUT2D eigenvalue weighted by molar-refractivity contribution is 5.89. The van der Waals surface area contributed by atoms with Crippen molar-refractivity contribution in [1.29, 1.82) is 5.26 Å². The third kappa shape index (κ3) is 4.63. The van der Waals surface area contributed by atoms with E-state index in [1.54, 1.807) is 53.2 Å². The highest BCUT2D eigenvalue weighted by Crippen LogP contribution is 2.34. The van der Waals surface area contributed by atoms with E-state index in [1.165, 1.54) is 0 Å². The van der Waals surface area contributed by atoms with Crippen molar-refractivity contribution in [3.8, 4) is 11.8 Å². The second-order valence-electron chi connectivity index (χ2n) is 7.94. The first-order valence-corrected chi connectivity index (χ1v) is 10.5. The molecule has 9 heteroatoms. The van der Waals surface area contributed by atoms with Gasteiger partial charge >= 0.3 is 6.03 Å². The zero-order valence-corrected chi connectivity index (χ0v) is 18.2. The van der Waals surface area contributed by atoms with Crippen LogP contribution in [-0.4, -0.2) is 27.1 Å². The number of nitrogens with one attached hydrogen (secondary N) is 3. The van der Waals surface area contributed by atoms with E-state index in [0.717, 1.165) is 17.0 Å². The second-order valence-corrected chi connectivity index (χ2v) is 7.94. The van der Waals surface area contributed by atoms with E-state index in [4.69, 9.17) is 5.26 Å². The molecule has 1 aromatic heterocycles. The number of quaternary nitrogens is 1. The van der Waals surface area contributed by atoms with Crippen LogP contribution in [0, 0.1) is 30.4 Å². The van der Waals surface area contributed by atoms with Gasteiger partial charge < -0.3 is 15.8 Å². The number of amides is 2. The van der Waals surface area contributed by atoms with E-state index in [1.807, 2.05) is 32.1 Å². The Kier molecular flexibility index (Phi) is 6.24. The maximum Gasteiger partial charge on any atom is 0.319 e. The minimum Gasteiger partial charge on any atom is -0.595 e. The van der Waals surface area contributed by atoms with Crippen LogP contribution in [-0.2, 0) is 0 Å². The van der Waals surface area contributed by atoms with Crippen molar-refractivity contribution < 1.29 is 15.2 Å². The van der Waals surface area contributed by atoms with Crippen molar-refractivity contribution in [1.82, 2.24) is 15.1 Å². The molecule has 9 nitrogen and oxygen atoms in total. The molecule has 0 fully saturated rings. The van der Waals surface area contributed by atoms with Gasteiger partial charge in [0.2, 0.25) is 0 Å². The number of urea groups is 1. The molecule has 33 heavy (non-hydrogen) atoms. The number of aromatic nitrogens is 2. The van der Waals surface area contributed by atoms with Gasteiger partial charge in [0.15, 0.2) is 5.69 Å². The van der Waals surface area contributed by atoms with E-state index in [0.29, 0.717) is 23.4 Å². The molecule has 168 valence electrons. The maximum absolute atomic E-state index is 12.4. The van der Waals surface area contributed by atoms with Crippen LogP contribution in [0.5, 0.6) is 0 Å². The van der Waals surface area contributed by atoms with E-state index in [2.05, 4.69) is 15.7 Å². The maximum atomic E-state index is 12.4. The van der Waals surface area contributed by atoms with Crippen LogP contribution in [0.4, 0.5) is 16.2 Å². The molecule has 1 aliphatic carbocycles. The number of aryl methyl sites for hydroxylation is 1. The van der Waals surface area contributed by atoms with E-state index in [-0.39, 0.29) is 23.7 Å². The summed E-state index contributed by atoms with van der Waals surface area (Å²) in [5.74, 6) is 0.0444. The first-order valence-electron chi connectivity index (χ1n) is 10.5. The normalized spacial score (nSPS) is 18.0. The Morgan fingerprint density at radius 2 is 2.03 bits per heavy atom. The molecule has 4 N–H and O–H groups in total. The van der Waals surface area contributed by atoms with Gasteiger partial charge in [0.1, 0.15) is 5.69 Å². The molecule has 0 spiro atoms. The van der Waals surface area contributed by atoms with E-state index in [9.17, 15) is 15.2 Å². The Balaban J connectivity index is 1.47. The highest BCUT2D eigenvalue weighted by atomic mass is 16.8. The molecule has 0 saturated carbocycles. The van der Waals surface area contributed by atoms with Gasteiger partial charge in [-0.15, -0.1) is 0 Å². The first kappa shape index (κ1) is 22.2. The summed E-state index contributed by atoms with van der Waals surface area (Å²) in [4.78, 5) is 12.4. The van der Waals surface area contributed by atoms with Crippen molar-refractivity contribution in [3.63, 3.8) is 0 Å². The van der Waals surface area contributed by atoms with Gasteiger partial charge in [0.05, 0.1) is 17.3 Å². The molecular formula is C24H24N6O3. The molecule has 0 saturated heterocycles. The summed E-state index contributed by atoms with van der Waals surface area (Å²) in [6.07, 6.45) is 4.67. The van der Waals surface area contributed by atoms with Crippen LogP contribution in [0.3, 0.4) is 0 Å². The number of nitriles is 1. The Bertz CT molecular complexity index is 1260. The lowest BCUT2D eigenvalue weighted by molar-refractivity contribution is -0.991. The Labute approximate surface area is 191 Å². The number of para-hydroxylation sites is 2. The van der Waals surface area contributed by atoms with Crippen LogP contribution in [0.2, 0.25) is 0 Å². The van der Waals surface area contributed by atoms with Crippen molar-refractivity contribution in [2.45, 2.75) is 32.2 Å². The predicted molar refractivity (Wildman–Crippen MR) is 122 cm³/mol. The Morgan fingerprint density at radius 1 is 1.24 bits per heavy atom. The third-order valence-corrected chi connectivity index (χ3v) is 5.73. The average Bonchev–Trinajstić information content (AvgIpc) is 3.36. The average molecular weight is 444 g/mol. The minimum atomic E-state index is -1.00. The van der Waals surface area contributed by atoms with Crippen molar-refractivity contribution in [2.75, 3.05) is 5.32 Å². The third-order valence-electron chi connectivity index (χ3n) is 5.73. The van der Waals surface area contributed by atoms with Crippen LogP contribution < -0.4 is 15.9 Å². The molecule has 3 unspecified atom stereocenters. The molecular weight excluding hydrogens is 420 g/mol. The Hall–Kier alpha value is -3.97. The molecule has 3 aromatic rings. The zero-order chi connectivity index (χ0) is 23.5. The topological polar surface area (TPSA) is 130 Å². The van der Waals surface area contributed by atoms with E-state index >= 15 is 0 Å². The van der Waals surface area contributed by atoms with Gasteiger partial charge in [-0.3, -0.25) is 0 Å². The molecule has 0 radical (unpaired) electrons. The Morgan fingerprint density at radius 3 is 2.79 bits per heavy atom. The lowest BCUT2D eigenvalue weighted by Crippen LogP contribution is -2.99. The monoisotopic (exact) mass is 444 g/mol. The summed E-state index contributed by atoms with van der Waals surface area (Å²) in [5, 5.41) is 39.5. The van der Waals surface area contributed by atoms with Gasteiger partial charge in [-0.05, 0) is 44.5 Å². The van der Waals surface area contributed by atoms with Gasteiger partial charge in [0, 0.05) is 35.0 Å². The summed E-state index contributed by atoms with van der Waals surface area (Å²) < 4.78 is 1.68. The number of rotatable bonds is 5. The van der Waals surface area contributed by atoms with Gasteiger partial charge in [0.25, 0.3) is 0 Å². The van der Waals surface area contributed by atoms with Gasteiger partial charge in [-0.1, -0.05) is 30.4 Å². The van der Waals surface area contributed by atoms with Crippen molar-refractivity contribution >= 4 is 17.4 Å². The van der Waals surface area contributed by atoms with Crippen molar-refractivity contribution in [2.24, 2.45) is 0 Å². The number of benzene rings is 2. The molecule has 2 amide bonds. The van der Waals surface area contributed by atoms with Gasteiger partial charge in [-0.2, -0.15) is 15.6 Å². The van der Waals surface area contributed by atoms with Crippen LogP contribution >= 0.6 is 0 Å². The van der Waals surface area contributed by atoms with Crippen molar-refractivity contribution in [3.05, 3.63) is 88.4 Å². The number of anilines is 1. The number of hydrogen-bond donors (Lipinski definition) is 4. The molecule has 0 bridgehead atoms. The molecule has 1 heterocycles. The lowest BCUT2D eigenvalue weighted by Gasteiger charge is -2.17. The van der Waals surface area contributed by atoms with E-state index < -0.39 is 5.23 Å². The standard InChI is InChI=1S/C24H24N6O3/c1-15-23(16(2)29(28-15)21-8-3-4-9-22(21)30(32)33)18-10-11-20(13-18)27-24(31)26-19-7-5-6-17(12-19)14-25/h3-12,18,20,30,32H,13H2,1-2H3,(H2,26,27,31). The molecule has 4 rings (SSSR count). The summed E-state index contributed by atoms with van der Waals surface area (Å²) in [6, 6.07) is 15.1. The SMILES string of the molecule is Cc1nn(-c2ccccc2[NH+]([O-])O)c(C)c1C1C=CC(NC(=O)Nc2cccc(C#N)c2)C1. The van der Waals surface area contributed by atoms with Crippen LogP contribution in [0.25, 0.3) is 5.69 Å². The largest absolute Gasteiger partial charge is 0.595 e. The predicted octanol–water partition coefficient (Wildman–Crippen LogP) is 3.00. The summed E-state index contributed by atoms with van der Waals surface area (Å²) in [7, 11) is 0. The first-order chi connectivity index (χ1) is 15.9. The fourth-order valence-electron chi connectivity index (χ4n) is 4.29. The summed E-state index contributed by atoms with van der Waals surface area (Å²) in [6.45, 7) is 3.84. The number of carbonyl (C=O) groups excluding carboxylic acids is 1. The fraction of sp³-hybridized carbons (Fsp3) is 0.208. The van der Waals surface area contributed by atoms with Crippen LogP contribution in [0.15, 0.2) is 60.7 Å². The quantitative estimate of drug-likeness (QED) is 0.355. The number of allylic oxidation sites excluding steroid dienone is 1. The molecule has 3 atom stereocenters. The number of hydrogen-bond acceptors (Lipinski definition) is 5. The smallest absolute Gasteiger partial charge is 0.319 e. The minimum absolute atomic E-state index is 0.0444. The zero-order valence-electron chi connectivity index (χ0n) is 18.2. The number of nitrogens with zero attached hydrogens (tertiary/aromatic N) is 3. The molecule has 2 aromatic carbocycles. The fourth-order valence-corrected chi connectivity index (χ4v) is 4.29.